The van der Waals surface area contributed by atoms with Crippen molar-refractivity contribution in [2.75, 3.05) is 26.2 Å². The van der Waals surface area contributed by atoms with E-state index in [1.807, 2.05) is 13.0 Å². The molecular formula is C12H19N5O. The van der Waals surface area contributed by atoms with E-state index in [4.69, 9.17) is 4.74 Å². The normalized spacial score (nSPS) is 11.3. The van der Waals surface area contributed by atoms with Gasteiger partial charge in [-0.05, 0) is 20.0 Å². The molecule has 0 aromatic carbocycles. The molecule has 2 aromatic rings. The van der Waals surface area contributed by atoms with Gasteiger partial charge in [-0.2, -0.15) is 4.52 Å². The minimum atomic E-state index is 0.639. The van der Waals surface area contributed by atoms with Gasteiger partial charge in [0.1, 0.15) is 6.61 Å². The second kappa shape index (κ2) is 5.77. The van der Waals surface area contributed by atoms with Gasteiger partial charge >= 0.3 is 0 Å². The molecule has 0 fully saturated rings. The molecule has 18 heavy (non-hydrogen) atoms. The first-order valence-corrected chi connectivity index (χ1v) is 6.27. The summed E-state index contributed by atoms with van der Waals surface area (Å²) in [7, 11) is 0. The van der Waals surface area contributed by atoms with Crippen molar-refractivity contribution in [2.24, 2.45) is 0 Å². The standard InChI is InChI=1S/C12H19N5O/c1-4-16(5-2)6-7-18-12-8-10(3)14-11-9-13-15-17(11)12/h8-9H,4-7H2,1-3H3. The van der Waals surface area contributed by atoms with Crippen molar-refractivity contribution in [2.45, 2.75) is 20.8 Å². The molecule has 0 atom stereocenters. The Labute approximate surface area is 107 Å². The molecular weight excluding hydrogens is 230 g/mol. The fraction of sp³-hybridized carbons (Fsp3) is 0.583. The molecule has 2 aromatic heterocycles. The van der Waals surface area contributed by atoms with Crippen LogP contribution in [0.5, 0.6) is 5.88 Å². The number of hydrogen-bond donors (Lipinski definition) is 0. The van der Waals surface area contributed by atoms with Crippen LogP contribution in [0.25, 0.3) is 5.65 Å². The van der Waals surface area contributed by atoms with Crippen molar-refractivity contribution in [1.29, 1.82) is 0 Å². The molecule has 0 spiro atoms. The third-order valence-corrected chi connectivity index (χ3v) is 2.92. The predicted octanol–water partition coefficient (Wildman–Crippen LogP) is 1.15. The predicted molar refractivity (Wildman–Crippen MR) is 68.8 cm³/mol. The molecule has 0 N–H and O–H groups in total. The molecule has 0 amide bonds. The van der Waals surface area contributed by atoms with Gasteiger partial charge < -0.3 is 9.64 Å². The summed E-state index contributed by atoms with van der Waals surface area (Å²) < 4.78 is 7.39. The van der Waals surface area contributed by atoms with Crippen molar-refractivity contribution >= 4 is 5.65 Å². The second-order valence-electron chi connectivity index (χ2n) is 4.12. The molecule has 0 saturated heterocycles. The van der Waals surface area contributed by atoms with Gasteiger partial charge in [-0.3, -0.25) is 0 Å². The van der Waals surface area contributed by atoms with Gasteiger partial charge in [-0.25, -0.2) is 4.98 Å². The van der Waals surface area contributed by atoms with Gasteiger partial charge in [-0.15, -0.1) is 5.10 Å². The number of ether oxygens (including phenoxy) is 1. The maximum atomic E-state index is 5.77. The molecule has 0 bridgehead atoms. The molecule has 0 unspecified atom stereocenters. The van der Waals surface area contributed by atoms with E-state index in [-0.39, 0.29) is 0 Å². The van der Waals surface area contributed by atoms with Crippen molar-refractivity contribution in [3.8, 4) is 5.88 Å². The summed E-state index contributed by atoms with van der Waals surface area (Å²) in [6.45, 7) is 9.85. The van der Waals surface area contributed by atoms with Gasteiger partial charge in [0.15, 0.2) is 5.65 Å². The molecule has 0 aliphatic rings. The fourth-order valence-corrected chi connectivity index (χ4v) is 1.84. The van der Waals surface area contributed by atoms with Crippen molar-refractivity contribution < 1.29 is 4.74 Å². The van der Waals surface area contributed by atoms with Crippen LogP contribution in [-0.4, -0.2) is 51.0 Å². The summed E-state index contributed by atoms with van der Waals surface area (Å²) in [6, 6.07) is 1.88. The minimum absolute atomic E-state index is 0.639. The van der Waals surface area contributed by atoms with E-state index >= 15 is 0 Å². The van der Waals surface area contributed by atoms with Gasteiger partial charge in [0, 0.05) is 18.3 Å². The van der Waals surface area contributed by atoms with Crippen LogP contribution in [0.15, 0.2) is 12.3 Å². The number of nitrogens with zero attached hydrogens (tertiary/aromatic N) is 5. The number of fused-ring (bicyclic) bond motifs is 1. The number of aromatic nitrogens is 4. The lowest BCUT2D eigenvalue weighted by atomic mass is 10.4. The Morgan fingerprint density at radius 2 is 2.11 bits per heavy atom. The lowest BCUT2D eigenvalue weighted by Gasteiger charge is -2.18. The third kappa shape index (κ3) is 2.76. The molecule has 6 nitrogen and oxygen atoms in total. The Kier molecular flexibility index (Phi) is 4.09. The first-order chi connectivity index (χ1) is 8.74. The van der Waals surface area contributed by atoms with Gasteiger partial charge in [0.25, 0.3) is 0 Å². The summed E-state index contributed by atoms with van der Waals surface area (Å²) in [5, 5.41) is 7.80. The average molecular weight is 249 g/mol. The van der Waals surface area contributed by atoms with Crippen LogP contribution in [0, 0.1) is 6.92 Å². The van der Waals surface area contributed by atoms with Crippen molar-refractivity contribution in [3.05, 3.63) is 18.0 Å². The summed E-state index contributed by atoms with van der Waals surface area (Å²) >= 11 is 0. The fourth-order valence-electron chi connectivity index (χ4n) is 1.84. The van der Waals surface area contributed by atoms with E-state index < -0.39 is 0 Å². The van der Waals surface area contributed by atoms with E-state index in [0.717, 1.165) is 25.3 Å². The first-order valence-electron chi connectivity index (χ1n) is 6.27. The SMILES string of the molecule is CCN(CC)CCOc1cc(C)nc2cnnn12. The summed E-state index contributed by atoms with van der Waals surface area (Å²) in [4.78, 5) is 6.63. The Hall–Kier alpha value is -1.69. The summed E-state index contributed by atoms with van der Waals surface area (Å²) in [5.41, 5.74) is 1.62. The maximum absolute atomic E-state index is 5.77. The maximum Gasteiger partial charge on any atom is 0.219 e. The van der Waals surface area contributed by atoms with Gasteiger partial charge in [0.2, 0.25) is 5.88 Å². The molecule has 98 valence electrons. The van der Waals surface area contributed by atoms with Crippen LogP contribution in [0.4, 0.5) is 0 Å². The quantitative estimate of drug-likeness (QED) is 0.768. The van der Waals surface area contributed by atoms with Crippen LogP contribution in [0.1, 0.15) is 19.5 Å². The average Bonchev–Trinajstić information content (AvgIpc) is 2.82. The zero-order chi connectivity index (χ0) is 13.0. The van der Waals surface area contributed by atoms with E-state index in [1.54, 1.807) is 10.7 Å². The summed E-state index contributed by atoms with van der Waals surface area (Å²) in [5.74, 6) is 0.696. The zero-order valence-corrected chi connectivity index (χ0v) is 11.1. The molecule has 0 aliphatic carbocycles. The number of aryl methyl sites for hydroxylation is 1. The number of likely N-dealkylation sites (N-methyl/N-ethyl adjacent to an activating group) is 1. The number of hydrogen-bond acceptors (Lipinski definition) is 5. The Morgan fingerprint density at radius 1 is 1.33 bits per heavy atom. The Morgan fingerprint density at radius 3 is 2.83 bits per heavy atom. The molecule has 2 heterocycles. The second-order valence-corrected chi connectivity index (χ2v) is 4.12. The highest BCUT2D eigenvalue weighted by atomic mass is 16.5. The van der Waals surface area contributed by atoms with E-state index in [9.17, 15) is 0 Å². The lowest BCUT2D eigenvalue weighted by molar-refractivity contribution is 0.214. The van der Waals surface area contributed by atoms with Crippen molar-refractivity contribution in [3.63, 3.8) is 0 Å². The molecule has 2 rings (SSSR count). The minimum Gasteiger partial charge on any atom is -0.476 e. The van der Waals surface area contributed by atoms with Gasteiger partial charge in [0.05, 0.1) is 6.20 Å². The molecule has 6 heteroatoms. The monoisotopic (exact) mass is 249 g/mol. The highest BCUT2D eigenvalue weighted by Crippen LogP contribution is 2.13. The van der Waals surface area contributed by atoms with E-state index in [2.05, 4.69) is 34.0 Å². The largest absolute Gasteiger partial charge is 0.476 e. The van der Waals surface area contributed by atoms with Crippen LogP contribution >= 0.6 is 0 Å². The van der Waals surface area contributed by atoms with E-state index in [0.29, 0.717) is 18.1 Å². The Balaban J connectivity index is 2.05. The highest BCUT2D eigenvalue weighted by molar-refractivity contribution is 5.38. The van der Waals surface area contributed by atoms with Crippen LogP contribution < -0.4 is 4.74 Å². The van der Waals surface area contributed by atoms with E-state index in [1.165, 1.54) is 0 Å². The third-order valence-electron chi connectivity index (χ3n) is 2.92. The topological polar surface area (TPSA) is 55.5 Å². The molecule has 0 radical (unpaired) electrons. The van der Waals surface area contributed by atoms with Crippen LogP contribution in [0.3, 0.4) is 0 Å². The highest BCUT2D eigenvalue weighted by Gasteiger charge is 2.07. The number of rotatable bonds is 6. The Bertz CT molecular complexity index is 506. The summed E-state index contributed by atoms with van der Waals surface area (Å²) in [6.07, 6.45) is 1.63. The first kappa shape index (κ1) is 12.8. The van der Waals surface area contributed by atoms with Crippen LogP contribution in [-0.2, 0) is 0 Å². The molecule has 0 saturated carbocycles. The van der Waals surface area contributed by atoms with Gasteiger partial charge in [-0.1, -0.05) is 19.1 Å². The lowest BCUT2D eigenvalue weighted by Crippen LogP contribution is -2.28. The van der Waals surface area contributed by atoms with Crippen molar-refractivity contribution in [1.82, 2.24) is 24.7 Å². The molecule has 0 aliphatic heterocycles. The smallest absolute Gasteiger partial charge is 0.219 e. The zero-order valence-electron chi connectivity index (χ0n) is 11.1. The van der Waals surface area contributed by atoms with Crippen LogP contribution in [0.2, 0.25) is 0 Å².